The van der Waals surface area contributed by atoms with Crippen LogP contribution in [0.1, 0.15) is 44.9 Å². The third-order valence-electron chi connectivity index (χ3n) is 3.17. The van der Waals surface area contributed by atoms with Crippen LogP contribution in [0.3, 0.4) is 0 Å². The summed E-state index contributed by atoms with van der Waals surface area (Å²) in [5, 5.41) is 21.5. The van der Waals surface area contributed by atoms with Crippen molar-refractivity contribution in [2.24, 2.45) is 5.92 Å². The Labute approximate surface area is 92.5 Å². The average Bonchev–Trinajstić information content (AvgIpc) is 2.25. The number of nitrogens with zero attached hydrogens (tertiary/aromatic N) is 1. The second-order valence-electron chi connectivity index (χ2n) is 4.43. The molecule has 0 aromatic heterocycles. The summed E-state index contributed by atoms with van der Waals surface area (Å²) in [5.41, 5.74) is 0. The van der Waals surface area contributed by atoms with Gasteiger partial charge in [0, 0.05) is 13.0 Å². The van der Waals surface area contributed by atoms with E-state index in [-0.39, 0.29) is 6.10 Å². The second-order valence-corrected chi connectivity index (χ2v) is 4.43. The Morgan fingerprint density at radius 3 is 2.80 bits per heavy atom. The maximum absolute atomic E-state index is 9.73. The number of aliphatic hydroxyl groups excluding tert-OH is 1. The van der Waals surface area contributed by atoms with Crippen LogP contribution in [0.2, 0.25) is 0 Å². The highest BCUT2D eigenvalue weighted by molar-refractivity contribution is 4.76. The molecule has 0 amide bonds. The molecule has 1 fully saturated rings. The van der Waals surface area contributed by atoms with Crippen LogP contribution in [0.15, 0.2) is 0 Å². The molecule has 1 aliphatic carbocycles. The summed E-state index contributed by atoms with van der Waals surface area (Å²) in [6, 6.07) is 2.15. The van der Waals surface area contributed by atoms with Gasteiger partial charge in [-0.05, 0) is 38.1 Å². The number of nitrogens with one attached hydrogen (secondary N) is 1. The summed E-state index contributed by atoms with van der Waals surface area (Å²) in [6.45, 7) is 1.92. The molecule has 2 unspecified atom stereocenters. The molecular weight excluding hydrogens is 188 g/mol. The molecular formula is C12H22N2O. The molecule has 2 N–H and O–H groups in total. The van der Waals surface area contributed by atoms with Crippen molar-refractivity contribution >= 4 is 0 Å². The lowest BCUT2D eigenvalue weighted by molar-refractivity contribution is 0.0697. The largest absolute Gasteiger partial charge is 0.393 e. The highest BCUT2D eigenvalue weighted by Crippen LogP contribution is 2.23. The van der Waals surface area contributed by atoms with E-state index in [0.29, 0.717) is 12.3 Å². The van der Waals surface area contributed by atoms with E-state index in [2.05, 4.69) is 11.4 Å². The average molecular weight is 210 g/mol. The lowest BCUT2D eigenvalue weighted by Crippen LogP contribution is -2.34. The van der Waals surface area contributed by atoms with Gasteiger partial charge in [0.15, 0.2) is 0 Å². The molecule has 0 saturated heterocycles. The third-order valence-corrected chi connectivity index (χ3v) is 3.17. The molecule has 1 rings (SSSR count). The van der Waals surface area contributed by atoms with Crippen LogP contribution in [-0.4, -0.2) is 24.3 Å². The Morgan fingerprint density at radius 2 is 2.07 bits per heavy atom. The SMILES string of the molecule is N#CCCCCNCC1CCCCC1O. The molecule has 0 aliphatic heterocycles. The van der Waals surface area contributed by atoms with Crippen molar-refractivity contribution in [3.8, 4) is 6.07 Å². The van der Waals surface area contributed by atoms with E-state index in [9.17, 15) is 5.11 Å². The molecule has 0 heterocycles. The van der Waals surface area contributed by atoms with Gasteiger partial charge in [0.1, 0.15) is 0 Å². The van der Waals surface area contributed by atoms with Crippen molar-refractivity contribution in [3.63, 3.8) is 0 Å². The summed E-state index contributed by atoms with van der Waals surface area (Å²) in [7, 11) is 0. The summed E-state index contributed by atoms with van der Waals surface area (Å²) in [6.07, 6.45) is 7.19. The van der Waals surface area contributed by atoms with Crippen LogP contribution >= 0.6 is 0 Å². The molecule has 3 heteroatoms. The maximum Gasteiger partial charge on any atom is 0.0621 e. The molecule has 2 atom stereocenters. The number of hydrogen-bond donors (Lipinski definition) is 2. The second kappa shape index (κ2) is 7.67. The molecule has 0 aromatic rings. The Balaban J connectivity index is 1.97. The predicted molar refractivity (Wildman–Crippen MR) is 60.3 cm³/mol. The molecule has 0 spiro atoms. The van der Waals surface area contributed by atoms with Crippen molar-refractivity contribution in [1.82, 2.24) is 5.32 Å². The van der Waals surface area contributed by atoms with Crippen LogP contribution in [0.4, 0.5) is 0 Å². The minimum absolute atomic E-state index is 0.0923. The Kier molecular flexibility index (Phi) is 6.38. The monoisotopic (exact) mass is 210 g/mol. The summed E-state index contributed by atoms with van der Waals surface area (Å²) in [5.74, 6) is 0.453. The summed E-state index contributed by atoms with van der Waals surface area (Å²) < 4.78 is 0. The van der Waals surface area contributed by atoms with Crippen molar-refractivity contribution in [2.75, 3.05) is 13.1 Å². The first-order valence-electron chi connectivity index (χ1n) is 6.10. The zero-order valence-corrected chi connectivity index (χ0v) is 9.41. The summed E-state index contributed by atoms with van der Waals surface area (Å²) >= 11 is 0. The predicted octanol–water partition coefficient (Wildman–Crippen LogP) is 1.82. The first-order chi connectivity index (χ1) is 7.34. The Morgan fingerprint density at radius 1 is 1.27 bits per heavy atom. The lowest BCUT2D eigenvalue weighted by atomic mass is 9.86. The smallest absolute Gasteiger partial charge is 0.0621 e. The first kappa shape index (κ1) is 12.5. The standard InChI is InChI=1S/C12H22N2O/c13-8-4-1-5-9-14-10-11-6-2-3-7-12(11)15/h11-12,14-15H,1-7,9-10H2. The van der Waals surface area contributed by atoms with Crippen molar-refractivity contribution in [1.29, 1.82) is 5.26 Å². The number of unbranched alkanes of at least 4 members (excludes halogenated alkanes) is 2. The topological polar surface area (TPSA) is 56.0 Å². The number of nitriles is 1. The van der Waals surface area contributed by atoms with Crippen molar-refractivity contribution < 1.29 is 5.11 Å². The highest BCUT2D eigenvalue weighted by atomic mass is 16.3. The van der Waals surface area contributed by atoms with Crippen LogP contribution in [0, 0.1) is 17.2 Å². The lowest BCUT2D eigenvalue weighted by Gasteiger charge is -2.27. The van der Waals surface area contributed by atoms with Crippen LogP contribution in [0.25, 0.3) is 0 Å². The van der Waals surface area contributed by atoms with Crippen molar-refractivity contribution in [2.45, 2.75) is 51.0 Å². The number of aliphatic hydroxyl groups is 1. The maximum atomic E-state index is 9.73. The van der Waals surface area contributed by atoms with E-state index in [1.807, 2.05) is 0 Å². The van der Waals surface area contributed by atoms with Crippen LogP contribution in [0.5, 0.6) is 0 Å². The van der Waals surface area contributed by atoms with Gasteiger partial charge in [-0.2, -0.15) is 5.26 Å². The molecule has 15 heavy (non-hydrogen) atoms. The fourth-order valence-corrected chi connectivity index (χ4v) is 2.17. The minimum atomic E-state index is -0.0923. The van der Waals surface area contributed by atoms with Gasteiger partial charge in [-0.25, -0.2) is 0 Å². The van der Waals surface area contributed by atoms with E-state index < -0.39 is 0 Å². The molecule has 86 valence electrons. The molecule has 0 bridgehead atoms. The third kappa shape index (κ3) is 5.15. The zero-order valence-electron chi connectivity index (χ0n) is 9.41. The van der Waals surface area contributed by atoms with E-state index in [0.717, 1.165) is 38.8 Å². The van der Waals surface area contributed by atoms with Crippen molar-refractivity contribution in [3.05, 3.63) is 0 Å². The van der Waals surface area contributed by atoms with Gasteiger partial charge >= 0.3 is 0 Å². The Hall–Kier alpha value is -0.590. The fraction of sp³-hybridized carbons (Fsp3) is 0.917. The molecule has 0 radical (unpaired) electrons. The van der Waals surface area contributed by atoms with Crippen LogP contribution < -0.4 is 5.32 Å². The highest BCUT2D eigenvalue weighted by Gasteiger charge is 2.21. The van der Waals surface area contributed by atoms with E-state index >= 15 is 0 Å². The van der Waals surface area contributed by atoms with E-state index in [1.54, 1.807) is 0 Å². The quantitative estimate of drug-likeness (QED) is 0.657. The molecule has 1 saturated carbocycles. The van der Waals surface area contributed by atoms with Gasteiger partial charge in [-0.3, -0.25) is 0 Å². The van der Waals surface area contributed by atoms with E-state index in [1.165, 1.54) is 12.8 Å². The number of hydrogen-bond acceptors (Lipinski definition) is 3. The fourth-order valence-electron chi connectivity index (χ4n) is 2.17. The van der Waals surface area contributed by atoms with Gasteiger partial charge in [-0.1, -0.05) is 12.8 Å². The molecule has 1 aliphatic rings. The zero-order chi connectivity index (χ0) is 10.9. The van der Waals surface area contributed by atoms with Gasteiger partial charge in [0.2, 0.25) is 0 Å². The Bertz CT molecular complexity index is 200. The molecule has 3 nitrogen and oxygen atoms in total. The number of rotatable bonds is 6. The van der Waals surface area contributed by atoms with Gasteiger partial charge in [0.25, 0.3) is 0 Å². The first-order valence-corrected chi connectivity index (χ1v) is 6.10. The minimum Gasteiger partial charge on any atom is -0.393 e. The normalized spacial score (nSPS) is 26.1. The van der Waals surface area contributed by atoms with E-state index in [4.69, 9.17) is 5.26 Å². The van der Waals surface area contributed by atoms with Crippen LogP contribution in [-0.2, 0) is 0 Å². The summed E-state index contributed by atoms with van der Waals surface area (Å²) in [4.78, 5) is 0. The van der Waals surface area contributed by atoms with Gasteiger partial charge < -0.3 is 10.4 Å². The van der Waals surface area contributed by atoms with Gasteiger partial charge in [-0.15, -0.1) is 0 Å². The van der Waals surface area contributed by atoms with Gasteiger partial charge in [0.05, 0.1) is 12.2 Å². The molecule has 0 aromatic carbocycles.